The first-order chi connectivity index (χ1) is 18.4. The number of carbonyl (C=O) groups is 1. The molecule has 0 aromatic heterocycles. The van der Waals surface area contributed by atoms with Crippen molar-refractivity contribution in [3.05, 3.63) is 71.8 Å². The van der Waals surface area contributed by atoms with Gasteiger partial charge in [-0.15, -0.1) is 0 Å². The first-order valence-electron chi connectivity index (χ1n) is 14.6. The van der Waals surface area contributed by atoms with Crippen molar-refractivity contribution in [3.8, 4) is 0 Å². The molecule has 6 heteroatoms. The number of epoxide rings is 1. The van der Waals surface area contributed by atoms with E-state index < -0.39 is 5.72 Å². The van der Waals surface area contributed by atoms with Gasteiger partial charge in [0.05, 0.1) is 12.0 Å². The lowest BCUT2D eigenvalue weighted by Gasteiger charge is -2.49. The average Bonchev–Trinajstić information content (AvgIpc) is 3.63. The molecule has 2 aromatic rings. The third-order valence-corrected chi connectivity index (χ3v) is 10.8. The molecule has 7 rings (SSSR count). The number of hydrogen-bond donors (Lipinski definition) is 1. The fourth-order valence-electron chi connectivity index (χ4n) is 8.85. The molecular formula is C32H40N2O4. The summed E-state index contributed by atoms with van der Waals surface area (Å²) in [6.45, 7) is 8.47. The second kappa shape index (κ2) is 8.88. The van der Waals surface area contributed by atoms with Gasteiger partial charge in [-0.1, -0.05) is 80.9 Å². The summed E-state index contributed by atoms with van der Waals surface area (Å²) in [6, 6.07) is 19.9. The van der Waals surface area contributed by atoms with Crippen molar-refractivity contribution in [2.24, 2.45) is 23.2 Å². The maximum absolute atomic E-state index is 13.2. The van der Waals surface area contributed by atoms with Gasteiger partial charge in [-0.05, 0) is 25.2 Å². The standard InChI is InChI=1S/C32H40N2O4/c1-22-10-9-15-30(2)20-26-27(28-31(22,30)38-28)25(29(35)37-26)21-33-16-18-34(19-17-33)32(36,23-11-5-3-6-12-23)24-13-7-4-8-14-24/h3-8,11-14,22,25-28,36H,9-10,15-21H2,1-2H3/t22-,25+,26+,27+,28-,30+,31-/m0/s1. The zero-order valence-electron chi connectivity index (χ0n) is 22.6. The Bertz CT molecular complexity index is 1140. The second-order valence-electron chi connectivity index (χ2n) is 12.7. The number of hydrogen-bond acceptors (Lipinski definition) is 6. The summed E-state index contributed by atoms with van der Waals surface area (Å²) in [5, 5.41) is 12.2. The highest BCUT2D eigenvalue weighted by Gasteiger charge is 2.78. The monoisotopic (exact) mass is 516 g/mol. The highest BCUT2D eigenvalue weighted by atomic mass is 16.6. The van der Waals surface area contributed by atoms with E-state index in [1.54, 1.807) is 0 Å². The zero-order valence-corrected chi connectivity index (χ0v) is 22.6. The van der Waals surface area contributed by atoms with Crippen LogP contribution in [0.2, 0.25) is 0 Å². The van der Waals surface area contributed by atoms with Gasteiger partial charge in [0.25, 0.3) is 0 Å². The Morgan fingerprint density at radius 2 is 1.63 bits per heavy atom. The van der Waals surface area contributed by atoms with Crippen molar-refractivity contribution < 1.29 is 19.4 Å². The van der Waals surface area contributed by atoms with Gasteiger partial charge in [-0.25, -0.2) is 0 Å². The number of benzene rings is 2. The lowest BCUT2D eigenvalue weighted by molar-refractivity contribution is -0.147. The number of nitrogens with zero attached hydrogens (tertiary/aromatic N) is 2. The highest BCUT2D eigenvalue weighted by molar-refractivity contribution is 5.76. The Morgan fingerprint density at radius 3 is 2.26 bits per heavy atom. The van der Waals surface area contributed by atoms with Gasteiger partial charge in [0.15, 0.2) is 5.72 Å². The Labute approximate surface area is 225 Å². The highest BCUT2D eigenvalue weighted by Crippen LogP contribution is 2.70. The summed E-state index contributed by atoms with van der Waals surface area (Å²) >= 11 is 0. The van der Waals surface area contributed by atoms with Gasteiger partial charge in [0.1, 0.15) is 11.7 Å². The molecule has 3 saturated heterocycles. The fraction of sp³-hybridized carbons (Fsp3) is 0.594. The number of aliphatic hydroxyl groups is 1. The van der Waals surface area contributed by atoms with Crippen molar-refractivity contribution in [1.82, 2.24) is 9.80 Å². The van der Waals surface area contributed by atoms with E-state index in [1.165, 1.54) is 19.3 Å². The molecule has 3 heterocycles. The summed E-state index contributed by atoms with van der Waals surface area (Å²) in [5.74, 6) is 0.547. The Kier molecular flexibility index (Phi) is 5.79. The number of esters is 1. The molecule has 1 N–H and O–H groups in total. The molecule has 5 fully saturated rings. The molecule has 0 unspecified atom stereocenters. The number of fused-ring (bicyclic) bond motifs is 2. The first kappa shape index (κ1) is 24.8. The van der Waals surface area contributed by atoms with Crippen molar-refractivity contribution in [3.63, 3.8) is 0 Å². The average molecular weight is 517 g/mol. The van der Waals surface area contributed by atoms with E-state index in [1.807, 2.05) is 60.7 Å². The Balaban J connectivity index is 1.07. The van der Waals surface area contributed by atoms with Gasteiger partial charge in [0, 0.05) is 55.2 Å². The molecule has 1 spiro atoms. The van der Waals surface area contributed by atoms with Crippen LogP contribution in [0.4, 0.5) is 0 Å². The SMILES string of the molecule is C[C@H]1CCC[C@]2(C)C[C@H]3OC(=O)[C@H](CN4CCN(C(O)(c5ccccc5)c5ccccc5)CC4)[C@H]3[C@@H]3O[C@@]132. The van der Waals surface area contributed by atoms with E-state index >= 15 is 0 Å². The van der Waals surface area contributed by atoms with Crippen molar-refractivity contribution in [1.29, 1.82) is 0 Å². The molecule has 2 aliphatic carbocycles. The van der Waals surface area contributed by atoms with Crippen LogP contribution < -0.4 is 0 Å². The fourth-order valence-corrected chi connectivity index (χ4v) is 8.85. The van der Waals surface area contributed by atoms with Crippen molar-refractivity contribution >= 4 is 5.97 Å². The van der Waals surface area contributed by atoms with E-state index in [4.69, 9.17) is 9.47 Å². The van der Waals surface area contributed by atoms with E-state index in [9.17, 15) is 9.90 Å². The summed E-state index contributed by atoms with van der Waals surface area (Å²) in [4.78, 5) is 17.8. The molecule has 0 radical (unpaired) electrons. The van der Waals surface area contributed by atoms with Crippen molar-refractivity contribution in [2.45, 2.75) is 63.1 Å². The third kappa shape index (κ3) is 3.50. The predicted molar refractivity (Wildman–Crippen MR) is 144 cm³/mol. The maximum atomic E-state index is 13.2. The topological polar surface area (TPSA) is 65.5 Å². The quantitative estimate of drug-likeness (QED) is 0.478. The largest absolute Gasteiger partial charge is 0.462 e. The number of ether oxygens (including phenoxy) is 2. The number of rotatable bonds is 5. The summed E-state index contributed by atoms with van der Waals surface area (Å²) in [5.41, 5.74) is 0.635. The predicted octanol–water partition coefficient (Wildman–Crippen LogP) is 4.02. The number of carbonyl (C=O) groups excluding carboxylic acids is 1. The minimum atomic E-state index is -1.19. The van der Waals surface area contributed by atoms with Crippen LogP contribution >= 0.6 is 0 Å². The van der Waals surface area contributed by atoms with E-state index in [2.05, 4.69) is 23.6 Å². The lowest BCUT2D eigenvalue weighted by Crippen LogP contribution is -2.57. The van der Waals surface area contributed by atoms with Gasteiger partial charge in [-0.2, -0.15) is 0 Å². The van der Waals surface area contributed by atoms with Gasteiger partial charge >= 0.3 is 5.97 Å². The van der Waals surface area contributed by atoms with E-state index in [0.717, 1.165) is 43.7 Å². The zero-order chi connectivity index (χ0) is 26.1. The first-order valence-corrected chi connectivity index (χ1v) is 14.6. The molecular weight excluding hydrogens is 476 g/mol. The van der Waals surface area contributed by atoms with E-state index in [-0.39, 0.29) is 41.0 Å². The normalized spacial score (nSPS) is 39.1. The maximum Gasteiger partial charge on any atom is 0.311 e. The summed E-state index contributed by atoms with van der Waals surface area (Å²) < 4.78 is 12.7. The van der Waals surface area contributed by atoms with E-state index in [0.29, 0.717) is 12.5 Å². The van der Waals surface area contributed by atoms with Crippen LogP contribution in [0.25, 0.3) is 0 Å². The van der Waals surface area contributed by atoms with Gasteiger partial charge < -0.3 is 14.6 Å². The molecule has 6 nitrogen and oxygen atoms in total. The minimum absolute atomic E-state index is 0.00836. The van der Waals surface area contributed by atoms with Crippen LogP contribution in [0.3, 0.4) is 0 Å². The second-order valence-corrected chi connectivity index (χ2v) is 12.7. The molecule has 2 aromatic carbocycles. The Hall–Kier alpha value is -2.25. The molecule has 2 saturated carbocycles. The van der Waals surface area contributed by atoms with Crippen LogP contribution in [0.5, 0.6) is 0 Å². The van der Waals surface area contributed by atoms with Crippen LogP contribution in [-0.4, -0.2) is 71.4 Å². The third-order valence-electron chi connectivity index (χ3n) is 10.8. The minimum Gasteiger partial charge on any atom is -0.462 e. The number of piperazine rings is 1. The Morgan fingerprint density at radius 1 is 1.00 bits per heavy atom. The molecule has 0 amide bonds. The molecule has 7 atom stereocenters. The van der Waals surface area contributed by atoms with Crippen LogP contribution in [-0.2, 0) is 20.0 Å². The molecule has 3 aliphatic heterocycles. The summed E-state index contributed by atoms with van der Waals surface area (Å²) in [7, 11) is 0. The van der Waals surface area contributed by atoms with Crippen LogP contribution in [0.15, 0.2) is 60.7 Å². The van der Waals surface area contributed by atoms with Gasteiger partial charge in [0.2, 0.25) is 0 Å². The van der Waals surface area contributed by atoms with Crippen molar-refractivity contribution in [2.75, 3.05) is 32.7 Å². The van der Waals surface area contributed by atoms with Crippen LogP contribution in [0, 0.1) is 23.2 Å². The van der Waals surface area contributed by atoms with Gasteiger partial charge in [-0.3, -0.25) is 14.6 Å². The molecule has 202 valence electrons. The van der Waals surface area contributed by atoms with Crippen LogP contribution in [0.1, 0.15) is 50.7 Å². The lowest BCUT2D eigenvalue weighted by atomic mass is 9.53. The molecule has 38 heavy (non-hydrogen) atoms. The summed E-state index contributed by atoms with van der Waals surface area (Å²) in [6.07, 6.45) is 4.72. The smallest absolute Gasteiger partial charge is 0.311 e. The molecule has 5 aliphatic rings. The molecule has 0 bridgehead atoms.